The van der Waals surface area contributed by atoms with Gasteiger partial charge in [-0.05, 0) is 25.8 Å². The summed E-state index contributed by atoms with van der Waals surface area (Å²) in [5.74, 6) is 0. The molecule has 0 bridgehead atoms. The SMILES string of the molecule is C\C=C(C)/C=C(\C=N/C)CC. The summed E-state index contributed by atoms with van der Waals surface area (Å²) in [6.07, 6.45) is 7.21. The monoisotopic (exact) mass is 151 g/mol. The van der Waals surface area contributed by atoms with Gasteiger partial charge in [-0.15, -0.1) is 0 Å². The Bertz CT molecular complexity index is 185. The van der Waals surface area contributed by atoms with Crippen LogP contribution in [0.2, 0.25) is 0 Å². The molecule has 0 fully saturated rings. The van der Waals surface area contributed by atoms with Crippen molar-refractivity contribution in [1.82, 2.24) is 0 Å². The van der Waals surface area contributed by atoms with E-state index in [1.165, 1.54) is 11.1 Å². The van der Waals surface area contributed by atoms with Crippen molar-refractivity contribution in [2.24, 2.45) is 4.99 Å². The summed E-state index contributed by atoms with van der Waals surface area (Å²) < 4.78 is 0. The lowest BCUT2D eigenvalue weighted by atomic mass is 10.1. The molecule has 1 heteroatoms. The van der Waals surface area contributed by atoms with Crippen LogP contribution < -0.4 is 0 Å². The van der Waals surface area contributed by atoms with Crippen LogP contribution in [0.5, 0.6) is 0 Å². The molecule has 0 unspecified atom stereocenters. The van der Waals surface area contributed by atoms with Crippen LogP contribution in [0, 0.1) is 0 Å². The van der Waals surface area contributed by atoms with E-state index in [9.17, 15) is 0 Å². The van der Waals surface area contributed by atoms with E-state index in [4.69, 9.17) is 0 Å². The molecular weight excluding hydrogens is 134 g/mol. The van der Waals surface area contributed by atoms with Crippen LogP contribution in [0.4, 0.5) is 0 Å². The number of rotatable bonds is 3. The molecule has 0 aliphatic carbocycles. The van der Waals surface area contributed by atoms with Gasteiger partial charge in [-0.2, -0.15) is 0 Å². The molecule has 0 rings (SSSR count). The highest BCUT2D eigenvalue weighted by Gasteiger charge is 1.87. The van der Waals surface area contributed by atoms with Gasteiger partial charge in [-0.1, -0.05) is 24.6 Å². The number of aliphatic imine (C=N–C) groups is 1. The van der Waals surface area contributed by atoms with Crippen LogP contribution in [0.3, 0.4) is 0 Å². The van der Waals surface area contributed by atoms with Gasteiger partial charge in [0, 0.05) is 13.3 Å². The maximum Gasteiger partial charge on any atom is 0.0277 e. The average Bonchev–Trinajstić information content (AvgIpc) is 2.03. The molecule has 0 aromatic rings. The first kappa shape index (κ1) is 10.2. The first-order chi connectivity index (χ1) is 5.24. The first-order valence-electron chi connectivity index (χ1n) is 4.00. The lowest BCUT2D eigenvalue weighted by Gasteiger charge is -1.95. The molecule has 0 atom stereocenters. The van der Waals surface area contributed by atoms with E-state index in [2.05, 4.69) is 31.0 Å². The highest BCUT2D eigenvalue weighted by molar-refractivity contribution is 5.79. The zero-order valence-corrected chi connectivity index (χ0v) is 7.89. The maximum atomic E-state index is 3.97. The molecule has 0 N–H and O–H groups in total. The Morgan fingerprint density at radius 1 is 1.45 bits per heavy atom. The normalized spacial score (nSPS) is 14.5. The quantitative estimate of drug-likeness (QED) is 0.434. The predicted molar refractivity (Wildman–Crippen MR) is 52.2 cm³/mol. The van der Waals surface area contributed by atoms with E-state index in [0.29, 0.717) is 0 Å². The summed E-state index contributed by atoms with van der Waals surface area (Å²) in [6.45, 7) is 6.28. The Morgan fingerprint density at radius 2 is 2.09 bits per heavy atom. The lowest BCUT2D eigenvalue weighted by molar-refractivity contribution is 1.17. The highest BCUT2D eigenvalue weighted by Crippen LogP contribution is 2.03. The summed E-state index contributed by atoms with van der Waals surface area (Å²) >= 11 is 0. The standard InChI is InChI=1S/C10H17N/c1-5-9(3)7-10(6-2)8-11-4/h5,7-8H,6H2,1-4H3/b9-5-,10-7-,11-8-. The minimum absolute atomic E-state index is 1.04. The van der Waals surface area contributed by atoms with Crippen molar-refractivity contribution in [3.05, 3.63) is 23.3 Å². The number of hydrogen-bond donors (Lipinski definition) is 0. The van der Waals surface area contributed by atoms with Gasteiger partial charge in [0.1, 0.15) is 0 Å². The average molecular weight is 151 g/mol. The third-order valence-corrected chi connectivity index (χ3v) is 1.57. The van der Waals surface area contributed by atoms with E-state index in [-0.39, 0.29) is 0 Å². The molecule has 0 amide bonds. The number of hydrogen-bond acceptors (Lipinski definition) is 1. The second-order valence-electron chi connectivity index (χ2n) is 2.49. The van der Waals surface area contributed by atoms with Crippen molar-refractivity contribution < 1.29 is 0 Å². The van der Waals surface area contributed by atoms with E-state index in [0.717, 1.165) is 6.42 Å². The fourth-order valence-corrected chi connectivity index (χ4v) is 0.772. The third kappa shape index (κ3) is 4.54. The predicted octanol–water partition coefficient (Wildman–Crippen LogP) is 2.99. The van der Waals surface area contributed by atoms with Crippen LogP contribution in [-0.2, 0) is 0 Å². The van der Waals surface area contributed by atoms with E-state index in [1.807, 2.05) is 13.1 Å². The van der Waals surface area contributed by atoms with Gasteiger partial charge in [-0.25, -0.2) is 0 Å². The fourth-order valence-electron chi connectivity index (χ4n) is 0.772. The Balaban J connectivity index is 4.35. The Morgan fingerprint density at radius 3 is 2.45 bits per heavy atom. The highest BCUT2D eigenvalue weighted by atomic mass is 14.6. The summed E-state index contributed by atoms with van der Waals surface area (Å²) in [4.78, 5) is 3.97. The molecule has 0 radical (unpaired) electrons. The molecule has 0 aliphatic rings. The van der Waals surface area contributed by atoms with Crippen molar-refractivity contribution in [2.75, 3.05) is 7.05 Å². The molecule has 11 heavy (non-hydrogen) atoms. The molecule has 0 heterocycles. The first-order valence-corrected chi connectivity index (χ1v) is 4.00. The minimum atomic E-state index is 1.04. The summed E-state index contributed by atoms with van der Waals surface area (Å²) in [6, 6.07) is 0. The largest absolute Gasteiger partial charge is 0.296 e. The van der Waals surface area contributed by atoms with Gasteiger partial charge < -0.3 is 0 Å². The van der Waals surface area contributed by atoms with Crippen LogP contribution >= 0.6 is 0 Å². The van der Waals surface area contributed by atoms with Crippen LogP contribution in [0.25, 0.3) is 0 Å². The molecule has 1 nitrogen and oxygen atoms in total. The minimum Gasteiger partial charge on any atom is -0.296 e. The smallest absolute Gasteiger partial charge is 0.0277 e. The second kappa shape index (κ2) is 5.90. The third-order valence-electron chi connectivity index (χ3n) is 1.57. The van der Waals surface area contributed by atoms with Crippen LogP contribution in [-0.4, -0.2) is 13.3 Å². The van der Waals surface area contributed by atoms with Crippen molar-refractivity contribution in [1.29, 1.82) is 0 Å². The number of allylic oxidation sites excluding steroid dienone is 4. The second-order valence-corrected chi connectivity index (χ2v) is 2.49. The Kier molecular flexibility index (Phi) is 5.44. The van der Waals surface area contributed by atoms with Gasteiger partial charge in [0.25, 0.3) is 0 Å². The fraction of sp³-hybridized carbons (Fsp3) is 0.500. The zero-order chi connectivity index (χ0) is 8.69. The number of nitrogens with zero attached hydrogens (tertiary/aromatic N) is 1. The molecule has 0 saturated heterocycles. The van der Waals surface area contributed by atoms with Gasteiger partial charge in [-0.3, -0.25) is 4.99 Å². The van der Waals surface area contributed by atoms with E-state index >= 15 is 0 Å². The van der Waals surface area contributed by atoms with Gasteiger partial charge in [0.05, 0.1) is 0 Å². The van der Waals surface area contributed by atoms with Gasteiger partial charge in [0.15, 0.2) is 0 Å². The Hall–Kier alpha value is -0.850. The molecule has 0 spiro atoms. The topological polar surface area (TPSA) is 12.4 Å². The van der Waals surface area contributed by atoms with Gasteiger partial charge >= 0.3 is 0 Å². The molecule has 0 aromatic carbocycles. The van der Waals surface area contributed by atoms with Crippen molar-refractivity contribution in [3.8, 4) is 0 Å². The van der Waals surface area contributed by atoms with Crippen molar-refractivity contribution in [3.63, 3.8) is 0 Å². The van der Waals surface area contributed by atoms with Gasteiger partial charge in [0.2, 0.25) is 0 Å². The molecule has 0 aromatic heterocycles. The molecule has 0 aliphatic heterocycles. The molecular formula is C10H17N. The lowest BCUT2D eigenvalue weighted by Crippen LogP contribution is -1.82. The summed E-state index contributed by atoms with van der Waals surface area (Å²) in [7, 11) is 1.80. The van der Waals surface area contributed by atoms with E-state index in [1.54, 1.807) is 7.05 Å². The summed E-state index contributed by atoms with van der Waals surface area (Å²) in [5.41, 5.74) is 2.57. The van der Waals surface area contributed by atoms with Crippen molar-refractivity contribution in [2.45, 2.75) is 27.2 Å². The summed E-state index contributed by atoms with van der Waals surface area (Å²) in [5, 5.41) is 0. The van der Waals surface area contributed by atoms with Crippen molar-refractivity contribution >= 4 is 6.21 Å². The maximum absolute atomic E-state index is 3.97. The van der Waals surface area contributed by atoms with Crippen LogP contribution in [0.15, 0.2) is 28.3 Å². The van der Waals surface area contributed by atoms with E-state index < -0.39 is 0 Å². The molecule has 0 saturated carbocycles. The molecule has 62 valence electrons. The van der Waals surface area contributed by atoms with Crippen LogP contribution in [0.1, 0.15) is 27.2 Å². The Labute approximate surface area is 69.5 Å². The zero-order valence-electron chi connectivity index (χ0n) is 7.89.